The molecule has 0 N–H and O–H groups in total. The molecule has 12 heteroatoms. The first-order valence-corrected chi connectivity index (χ1v) is 11.9. The van der Waals surface area contributed by atoms with Crippen molar-refractivity contribution in [3.8, 4) is 17.4 Å². The van der Waals surface area contributed by atoms with Crippen LogP contribution in [0, 0.1) is 0 Å². The van der Waals surface area contributed by atoms with Crippen LogP contribution in [-0.2, 0) is 27.2 Å². The number of benzene rings is 1. The molecule has 0 saturated carbocycles. The number of ether oxygens (including phenoxy) is 1. The molecule has 1 aromatic heterocycles. The van der Waals surface area contributed by atoms with Crippen LogP contribution in [0.5, 0.6) is 5.95 Å². The second kappa shape index (κ2) is 10.0. The third-order valence-corrected chi connectivity index (χ3v) is 7.80. The van der Waals surface area contributed by atoms with Gasteiger partial charge in [-0.25, -0.2) is 4.98 Å². The van der Waals surface area contributed by atoms with Crippen LogP contribution < -0.4 is 4.74 Å². The lowest BCUT2D eigenvalue weighted by atomic mass is 10.2. The van der Waals surface area contributed by atoms with Crippen LogP contribution in [0.2, 0.25) is 5.02 Å². The minimum atomic E-state index is -3.98. The number of halogens is 1. The first-order valence-electron chi connectivity index (χ1n) is 8.32. The van der Waals surface area contributed by atoms with Crippen LogP contribution in [0.4, 0.5) is 0 Å². The minimum Gasteiger partial charge on any atom is -0.464 e. The Morgan fingerprint density at radius 3 is 2.24 bits per heavy atom. The molecule has 0 amide bonds. The van der Waals surface area contributed by atoms with Gasteiger partial charge in [0.15, 0.2) is 5.69 Å². The smallest absolute Gasteiger partial charge is 0.363 e. The maximum absolute atomic E-state index is 13.2. The van der Waals surface area contributed by atoms with Gasteiger partial charge >= 0.3 is 21.1 Å². The Morgan fingerprint density at radius 2 is 1.72 bits per heavy atom. The average Bonchev–Trinajstić information content (AvgIpc) is 3.15. The van der Waals surface area contributed by atoms with E-state index in [1.54, 1.807) is 31.2 Å². The molecule has 1 aromatic carbocycles. The summed E-state index contributed by atoms with van der Waals surface area (Å²) in [5, 5.41) is 0.190. The molecule has 0 saturated heterocycles. The van der Waals surface area contributed by atoms with Crippen LogP contribution in [0.3, 0.4) is 0 Å². The number of aromatic nitrogens is 1. The fourth-order valence-corrected chi connectivity index (χ4v) is 5.24. The summed E-state index contributed by atoms with van der Waals surface area (Å²) >= 11 is 6.23. The lowest BCUT2D eigenvalue weighted by Crippen LogP contribution is -1.99. The zero-order chi connectivity index (χ0) is 21.7. The quantitative estimate of drug-likeness (QED) is 0.410. The van der Waals surface area contributed by atoms with Crippen LogP contribution in [0.1, 0.15) is 12.6 Å². The van der Waals surface area contributed by atoms with Gasteiger partial charge in [0.1, 0.15) is 5.31 Å². The highest BCUT2D eigenvalue weighted by Crippen LogP contribution is 2.65. The van der Waals surface area contributed by atoms with Crippen LogP contribution in [0.25, 0.3) is 16.8 Å². The van der Waals surface area contributed by atoms with Gasteiger partial charge in [-0.2, -0.15) is 0 Å². The Bertz CT molecular complexity index is 958. The molecule has 160 valence electrons. The lowest BCUT2D eigenvalue weighted by Gasteiger charge is -2.18. The van der Waals surface area contributed by atoms with Crippen molar-refractivity contribution in [3.05, 3.63) is 40.8 Å². The largest absolute Gasteiger partial charge is 0.464 e. The van der Waals surface area contributed by atoms with Crippen molar-refractivity contribution in [2.24, 2.45) is 0 Å². The van der Waals surface area contributed by atoms with Gasteiger partial charge in [-0.05, 0) is 19.1 Å². The summed E-state index contributed by atoms with van der Waals surface area (Å²) < 4.78 is 57.2. The monoisotopic (exact) mass is 465 g/mol. The van der Waals surface area contributed by atoms with Crippen molar-refractivity contribution in [1.82, 2.24) is 4.98 Å². The van der Waals surface area contributed by atoms with Crippen LogP contribution in [0.15, 0.2) is 34.5 Å². The zero-order valence-corrected chi connectivity index (χ0v) is 19.1. The molecule has 0 unspecified atom stereocenters. The Hall–Kier alpha value is -1.44. The topological polar surface area (TPSA) is 106 Å². The highest BCUT2D eigenvalue weighted by Gasteiger charge is 2.38. The first-order chi connectivity index (χ1) is 13.8. The van der Waals surface area contributed by atoms with Crippen LogP contribution >= 0.6 is 26.8 Å². The van der Waals surface area contributed by atoms with Gasteiger partial charge in [0.25, 0.3) is 0 Å². The van der Waals surface area contributed by atoms with Gasteiger partial charge in [-0.3, -0.25) is 9.13 Å². The predicted octanol–water partition coefficient (Wildman–Crippen LogP) is 5.66. The van der Waals surface area contributed by atoms with Crippen molar-refractivity contribution in [2.45, 2.75) is 6.92 Å². The van der Waals surface area contributed by atoms with Gasteiger partial charge in [0.2, 0.25) is 5.89 Å². The van der Waals surface area contributed by atoms with E-state index in [1.165, 1.54) is 28.4 Å². The molecule has 0 aliphatic carbocycles. The second-order valence-corrected chi connectivity index (χ2v) is 10.0. The molecular weight excluding hydrogens is 444 g/mol. The summed E-state index contributed by atoms with van der Waals surface area (Å²) in [5.74, 6) is 1.03. The fourth-order valence-electron chi connectivity index (χ4n) is 2.31. The summed E-state index contributed by atoms with van der Waals surface area (Å²) in [5.41, 5.74) is 0.440. The third-order valence-electron chi connectivity index (χ3n) is 3.78. The van der Waals surface area contributed by atoms with Gasteiger partial charge in [-0.1, -0.05) is 23.7 Å². The average molecular weight is 466 g/mol. The number of hydrogen-bond donors (Lipinski definition) is 0. The highest BCUT2D eigenvalue weighted by molar-refractivity contribution is 7.67. The van der Waals surface area contributed by atoms with Crippen LogP contribution in [-0.4, -0.2) is 40.0 Å². The minimum absolute atomic E-state index is 0.0388. The van der Waals surface area contributed by atoms with Crippen molar-refractivity contribution < 1.29 is 36.4 Å². The second-order valence-electron chi connectivity index (χ2n) is 5.35. The molecule has 0 radical (unpaired) electrons. The molecule has 2 aromatic rings. The van der Waals surface area contributed by atoms with Crippen molar-refractivity contribution in [1.29, 1.82) is 0 Å². The Kier molecular flexibility index (Phi) is 8.26. The molecule has 29 heavy (non-hydrogen) atoms. The molecule has 0 aliphatic rings. The van der Waals surface area contributed by atoms with Gasteiger partial charge < -0.3 is 27.2 Å². The van der Waals surface area contributed by atoms with Gasteiger partial charge in [0, 0.05) is 34.3 Å². The molecule has 0 aliphatic heterocycles. The zero-order valence-electron chi connectivity index (χ0n) is 16.6. The van der Waals surface area contributed by atoms with E-state index in [2.05, 4.69) is 4.98 Å². The maximum atomic E-state index is 13.2. The van der Waals surface area contributed by atoms with Gasteiger partial charge in [0.05, 0.1) is 17.2 Å². The fraction of sp³-hybridized carbons (Fsp3) is 0.353. The van der Waals surface area contributed by atoms with Crippen molar-refractivity contribution in [2.75, 3.05) is 35.0 Å². The molecule has 0 atom stereocenters. The summed E-state index contributed by atoms with van der Waals surface area (Å²) in [4.78, 5) is 4.37. The van der Waals surface area contributed by atoms with Crippen molar-refractivity contribution in [3.63, 3.8) is 0 Å². The van der Waals surface area contributed by atoms with E-state index in [0.717, 1.165) is 5.82 Å². The molecule has 0 fully saturated rings. The van der Waals surface area contributed by atoms with E-state index in [9.17, 15) is 9.13 Å². The molecule has 1 heterocycles. The number of nitrogens with zero attached hydrogens (tertiary/aromatic N) is 1. The maximum Gasteiger partial charge on any atom is 0.363 e. The molecule has 0 bridgehead atoms. The SMILES string of the molecule is CCOc1oc(-c2ccccc2Cl)nc1/C(=C/P(=O)(OC)OC)P(=O)(OC)OC. The standard InChI is InChI=1S/C17H22ClNO8P2/c1-6-26-17-15(19-16(27-17)12-9-7-8-10-13(12)18)14(29(21,24-4)25-5)11-28(20,22-2)23-3/h7-11H,6H2,1-5H3/b14-11-. The third kappa shape index (κ3) is 5.19. The normalized spacial score (nSPS) is 13.0. The molecular formula is C17H22ClNO8P2. The van der Waals surface area contributed by atoms with E-state index < -0.39 is 15.2 Å². The Labute approximate surface area is 174 Å². The van der Waals surface area contributed by atoms with Crippen molar-refractivity contribution >= 4 is 32.1 Å². The molecule has 2 rings (SSSR count). The van der Waals surface area contributed by atoms with E-state index in [-0.39, 0.29) is 29.5 Å². The van der Waals surface area contributed by atoms with E-state index in [1.807, 2.05) is 0 Å². The number of rotatable bonds is 10. The number of hydrogen-bond acceptors (Lipinski definition) is 9. The first kappa shape index (κ1) is 23.8. The molecule has 9 nitrogen and oxygen atoms in total. The number of oxazole rings is 1. The Morgan fingerprint density at radius 1 is 1.10 bits per heavy atom. The van der Waals surface area contributed by atoms with Gasteiger partial charge in [-0.15, -0.1) is 0 Å². The summed E-state index contributed by atoms with van der Waals surface area (Å²) in [6.45, 7) is 1.94. The predicted molar refractivity (Wildman–Crippen MR) is 109 cm³/mol. The molecule has 0 spiro atoms. The highest BCUT2D eigenvalue weighted by atomic mass is 35.5. The summed E-state index contributed by atoms with van der Waals surface area (Å²) in [6.07, 6.45) is 0. The Balaban J connectivity index is 2.79. The van der Waals surface area contributed by atoms with E-state index >= 15 is 0 Å². The summed E-state index contributed by atoms with van der Waals surface area (Å²) in [6, 6.07) is 6.86. The summed E-state index contributed by atoms with van der Waals surface area (Å²) in [7, 11) is -3.05. The lowest BCUT2D eigenvalue weighted by molar-refractivity contribution is 0.258. The van der Waals surface area contributed by atoms with E-state index in [0.29, 0.717) is 10.6 Å². The van der Waals surface area contributed by atoms with E-state index in [4.69, 9.17) is 38.8 Å².